The molecule has 32 heavy (non-hydrogen) atoms. The van der Waals surface area contributed by atoms with Crippen LogP contribution in [0.1, 0.15) is 21.5 Å². The maximum Gasteiger partial charge on any atom is 0.270 e. The molecule has 2 amide bonds. The quantitative estimate of drug-likeness (QED) is 0.160. The third kappa shape index (κ3) is 3.99. The van der Waals surface area contributed by atoms with Gasteiger partial charge in [-0.25, -0.2) is 0 Å². The average Bonchev–Trinajstić information content (AvgIpc) is 2.78. The maximum atomic E-state index is 12.5. The Hall–Kier alpha value is -4.66. The van der Waals surface area contributed by atoms with Gasteiger partial charge >= 0.3 is 0 Å². The Balaban J connectivity index is 1.68. The van der Waals surface area contributed by atoms with Gasteiger partial charge in [0, 0.05) is 36.0 Å². The van der Waals surface area contributed by atoms with Crippen molar-refractivity contribution in [2.45, 2.75) is 6.54 Å². The SMILES string of the molecule is O=C1NC(=O)c2ccc(-c3cccc([N+](=O)[O-])c3)cc2/C1=C\NCc1ccc(O)c(O)c1. The molecule has 0 aliphatic carbocycles. The van der Waals surface area contributed by atoms with Crippen LogP contribution in [0.4, 0.5) is 5.69 Å². The lowest BCUT2D eigenvalue weighted by Crippen LogP contribution is -2.37. The Labute approximate surface area is 181 Å². The van der Waals surface area contributed by atoms with Gasteiger partial charge in [0.1, 0.15) is 0 Å². The molecule has 0 saturated heterocycles. The van der Waals surface area contributed by atoms with E-state index in [1.165, 1.54) is 30.5 Å². The summed E-state index contributed by atoms with van der Waals surface area (Å²) >= 11 is 0. The molecule has 0 aromatic heterocycles. The van der Waals surface area contributed by atoms with Crippen LogP contribution in [0.3, 0.4) is 0 Å². The summed E-state index contributed by atoms with van der Waals surface area (Å²) in [4.78, 5) is 35.4. The van der Waals surface area contributed by atoms with E-state index in [2.05, 4.69) is 10.6 Å². The van der Waals surface area contributed by atoms with Gasteiger partial charge in [-0.15, -0.1) is 0 Å². The van der Waals surface area contributed by atoms with E-state index in [1.54, 1.807) is 36.4 Å². The lowest BCUT2D eigenvalue weighted by atomic mass is 9.91. The van der Waals surface area contributed by atoms with Crippen LogP contribution >= 0.6 is 0 Å². The first-order valence-corrected chi connectivity index (χ1v) is 9.53. The molecule has 3 aromatic rings. The second kappa shape index (κ2) is 8.23. The summed E-state index contributed by atoms with van der Waals surface area (Å²) in [5.41, 5.74) is 2.70. The lowest BCUT2D eigenvalue weighted by Gasteiger charge is -2.19. The Kier molecular flexibility index (Phi) is 5.30. The molecule has 0 unspecified atom stereocenters. The molecule has 9 heteroatoms. The highest BCUT2D eigenvalue weighted by Crippen LogP contribution is 2.31. The molecule has 1 aliphatic heterocycles. The molecule has 0 saturated carbocycles. The zero-order chi connectivity index (χ0) is 22.8. The number of nitrogens with one attached hydrogen (secondary N) is 2. The summed E-state index contributed by atoms with van der Waals surface area (Å²) in [7, 11) is 0. The average molecular weight is 431 g/mol. The molecular formula is C23H17N3O6. The molecule has 9 nitrogen and oxygen atoms in total. The van der Waals surface area contributed by atoms with Crippen molar-refractivity contribution in [3.63, 3.8) is 0 Å². The smallest absolute Gasteiger partial charge is 0.270 e. The highest BCUT2D eigenvalue weighted by molar-refractivity contribution is 6.31. The van der Waals surface area contributed by atoms with Crippen LogP contribution < -0.4 is 10.6 Å². The first-order chi connectivity index (χ1) is 15.3. The molecule has 4 rings (SSSR count). The van der Waals surface area contributed by atoms with Crippen LogP contribution in [-0.2, 0) is 11.3 Å². The van der Waals surface area contributed by atoms with E-state index in [-0.39, 0.29) is 29.3 Å². The van der Waals surface area contributed by atoms with E-state index in [4.69, 9.17) is 0 Å². The number of nitrogens with zero attached hydrogens (tertiary/aromatic N) is 1. The van der Waals surface area contributed by atoms with E-state index >= 15 is 0 Å². The van der Waals surface area contributed by atoms with Crippen LogP contribution in [0, 0.1) is 10.1 Å². The minimum absolute atomic E-state index is 0.0661. The van der Waals surface area contributed by atoms with Crippen LogP contribution in [-0.4, -0.2) is 27.0 Å². The zero-order valence-corrected chi connectivity index (χ0v) is 16.5. The number of nitro groups is 1. The number of carbonyl (C=O) groups excluding carboxylic acids is 2. The summed E-state index contributed by atoms with van der Waals surface area (Å²) in [6, 6.07) is 15.3. The topological polar surface area (TPSA) is 142 Å². The van der Waals surface area contributed by atoms with Gasteiger partial charge in [0.15, 0.2) is 11.5 Å². The molecule has 4 N–H and O–H groups in total. The number of imide groups is 1. The standard InChI is InChI=1S/C23H17N3O6/c27-20-7-4-13(8-21(20)28)11-24-12-19-18-10-15(5-6-17(18)22(29)25-23(19)30)14-2-1-3-16(9-14)26(31)32/h1-10,12,24,27-28H,11H2,(H,25,29,30)/b19-12+. The summed E-state index contributed by atoms with van der Waals surface area (Å²) in [5, 5.41) is 35.4. The third-order valence-corrected chi connectivity index (χ3v) is 5.01. The summed E-state index contributed by atoms with van der Waals surface area (Å²) in [5.74, 6) is -1.61. The summed E-state index contributed by atoms with van der Waals surface area (Å²) in [6.07, 6.45) is 1.46. The van der Waals surface area contributed by atoms with Crippen molar-refractivity contribution in [1.82, 2.24) is 10.6 Å². The number of fused-ring (bicyclic) bond motifs is 1. The molecule has 0 bridgehead atoms. The predicted octanol–water partition coefficient (Wildman–Crippen LogP) is 3.07. The minimum Gasteiger partial charge on any atom is -0.504 e. The van der Waals surface area contributed by atoms with Gasteiger partial charge in [-0.1, -0.05) is 24.3 Å². The fourth-order valence-electron chi connectivity index (χ4n) is 3.40. The summed E-state index contributed by atoms with van der Waals surface area (Å²) < 4.78 is 0. The number of amides is 2. The van der Waals surface area contributed by atoms with Crippen LogP contribution in [0.2, 0.25) is 0 Å². The second-order valence-electron chi connectivity index (χ2n) is 7.11. The molecule has 1 aliphatic rings. The summed E-state index contributed by atoms with van der Waals surface area (Å²) in [6.45, 7) is 0.248. The van der Waals surface area contributed by atoms with Gasteiger partial charge in [-0.2, -0.15) is 0 Å². The number of aromatic hydroxyl groups is 2. The normalized spacial score (nSPS) is 14.1. The van der Waals surface area contributed by atoms with E-state index in [9.17, 15) is 29.9 Å². The van der Waals surface area contributed by atoms with Crippen molar-refractivity contribution in [2.75, 3.05) is 0 Å². The monoisotopic (exact) mass is 431 g/mol. The number of non-ortho nitro benzene ring substituents is 1. The van der Waals surface area contributed by atoms with Gasteiger partial charge in [-0.3, -0.25) is 25.0 Å². The molecule has 0 spiro atoms. The Bertz CT molecular complexity index is 1300. The largest absolute Gasteiger partial charge is 0.504 e. The maximum absolute atomic E-state index is 12.5. The van der Waals surface area contributed by atoms with E-state index < -0.39 is 16.7 Å². The van der Waals surface area contributed by atoms with Crippen LogP contribution in [0.25, 0.3) is 16.7 Å². The Morgan fingerprint density at radius 1 is 0.906 bits per heavy atom. The van der Waals surface area contributed by atoms with Crippen molar-refractivity contribution in [2.24, 2.45) is 0 Å². The molecular weight excluding hydrogens is 414 g/mol. The highest BCUT2D eigenvalue weighted by atomic mass is 16.6. The van der Waals surface area contributed by atoms with Gasteiger partial charge in [0.2, 0.25) is 0 Å². The first-order valence-electron chi connectivity index (χ1n) is 9.53. The zero-order valence-electron chi connectivity index (χ0n) is 16.5. The van der Waals surface area contributed by atoms with Crippen LogP contribution in [0.15, 0.2) is 66.9 Å². The molecule has 0 radical (unpaired) electrons. The minimum atomic E-state index is -0.584. The third-order valence-electron chi connectivity index (χ3n) is 5.01. The predicted molar refractivity (Wildman–Crippen MR) is 116 cm³/mol. The van der Waals surface area contributed by atoms with Crippen molar-refractivity contribution in [1.29, 1.82) is 0 Å². The van der Waals surface area contributed by atoms with Gasteiger partial charge in [0.25, 0.3) is 17.5 Å². The number of phenolic OH excluding ortho intramolecular Hbond substituents is 2. The fourth-order valence-corrected chi connectivity index (χ4v) is 3.40. The number of carbonyl (C=O) groups is 2. The molecule has 0 atom stereocenters. The van der Waals surface area contributed by atoms with Gasteiger partial charge < -0.3 is 15.5 Å². The number of hydrogen-bond donors (Lipinski definition) is 4. The van der Waals surface area contributed by atoms with E-state index in [0.717, 1.165) is 0 Å². The van der Waals surface area contributed by atoms with Crippen LogP contribution in [0.5, 0.6) is 11.5 Å². The highest BCUT2D eigenvalue weighted by Gasteiger charge is 2.27. The van der Waals surface area contributed by atoms with E-state index in [0.29, 0.717) is 27.8 Å². The number of rotatable bonds is 5. The molecule has 1 heterocycles. The molecule has 0 fully saturated rings. The van der Waals surface area contributed by atoms with Crippen molar-refractivity contribution in [3.8, 4) is 22.6 Å². The van der Waals surface area contributed by atoms with Crippen molar-refractivity contribution in [3.05, 3.63) is 93.7 Å². The Morgan fingerprint density at radius 3 is 2.44 bits per heavy atom. The number of nitro benzene ring substituents is 1. The number of benzene rings is 3. The van der Waals surface area contributed by atoms with Gasteiger partial charge in [0.05, 0.1) is 10.5 Å². The van der Waals surface area contributed by atoms with Gasteiger partial charge in [-0.05, 0) is 41.0 Å². The fraction of sp³-hybridized carbons (Fsp3) is 0.0435. The number of phenols is 2. The molecule has 160 valence electrons. The first kappa shape index (κ1) is 20.6. The second-order valence-corrected chi connectivity index (χ2v) is 7.11. The number of hydrogen-bond acceptors (Lipinski definition) is 7. The molecule has 3 aromatic carbocycles. The van der Waals surface area contributed by atoms with Crippen molar-refractivity contribution >= 4 is 23.1 Å². The van der Waals surface area contributed by atoms with E-state index in [1.807, 2.05) is 0 Å². The van der Waals surface area contributed by atoms with Crippen molar-refractivity contribution < 1.29 is 24.7 Å². The lowest BCUT2D eigenvalue weighted by molar-refractivity contribution is -0.384. The Morgan fingerprint density at radius 2 is 1.69 bits per heavy atom.